The van der Waals surface area contributed by atoms with Crippen molar-refractivity contribution in [1.82, 2.24) is 24.3 Å². The van der Waals surface area contributed by atoms with Crippen molar-refractivity contribution in [3.05, 3.63) is 35.1 Å². The Balaban J connectivity index is 1.31. The first kappa shape index (κ1) is 17.3. The summed E-state index contributed by atoms with van der Waals surface area (Å²) in [6, 6.07) is 0. The van der Waals surface area contributed by atoms with Gasteiger partial charge in [0.15, 0.2) is 0 Å². The number of carbonyl (C=O) groups excluding carboxylic acids is 1. The van der Waals surface area contributed by atoms with Gasteiger partial charge in [-0.25, -0.2) is 9.97 Å². The van der Waals surface area contributed by atoms with Crippen molar-refractivity contribution in [2.75, 3.05) is 26.2 Å². The van der Waals surface area contributed by atoms with Gasteiger partial charge in [0.2, 0.25) is 11.8 Å². The summed E-state index contributed by atoms with van der Waals surface area (Å²) in [5.74, 6) is 3.12. The first-order valence-electron chi connectivity index (χ1n) is 9.46. The van der Waals surface area contributed by atoms with Gasteiger partial charge in [0.25, 0.3) is 0 Å². The molecule has 2 aliphatic rings. The molecule has 140 valence electrons. The number of oxazole rings is 1. The van der Waals surface area contributed by atoms with Crippen molar-refractivity contribution in [2.45, 2.75) is 46.7 Å². The predicted molar refractivity (Wildman–Crippen MR) is 96.6 cm³/mol. The summed E-state index contributed by atoms with van der Waals surface area (Å²) < 4.78 is 7.92. The summed E-state index contributed by atoms with van der Waals surface area (Å²) in [7, 11) is 0. The zero-order chi connectivity index (χ0) is 18.3. The number of amides is 1. The van der Waals surface area contributed by atoms with Crippen molar-refractivity contribution in [3.8, 4) is 0 Å². The molecular weight excluding hydrogens is 330 g/mol. The van der Waals surface area contributed by atoms with Crippen molar-refractivity contribution in [2.24, 2.45) is 5.92 Å². The molecule has 1 unspecified atom stereocenters. The Morgan fingerprint density at radius 3 is 2.65 bits per heavy atom. The second kappa shape index (κ2) is 6.87. The highest BCUT2D eigenvalue weighted by Gasteiger charge is 2.31. The molecule has 1 amide bonds. The zero-order valence-electron chi connectivity index (χ0n) is 15.9. The summed E-state index contributed by atoms with van der Waals surface area (Å²) >= 11 is 0. The molecule has 1 atom stereocenters. The lowest BCUT2D eigenvalue weighted by molar-refractivity contribution is -0.138. The average molecular weight is 357 g/mol. The second-order valence-corrected chi connectivity index (χ2v) is 7.49. The number of rotatable bonds is 3. The second-order valence-electron chi connectivity index (χ2n) is 7.49. The molecule has 0 saturated carbocycles. The molecule has 4 heterocycles. The number of imidazole rings is 1. The van der Waals surface area contributed by atoms with Crippen LogP contribution in [0.3, 0.4) is 0 Å². The van der Waals surface area contributed by atoms with Crippen molar-refractivity contribution >= 4 is 5.91 Å². The van der Waals surface area contributed by atoms with Crippen molar-refractivity contribution in [3.63, 3.8) is 0 Å². The molecule has 7 nitrogen and oxygen atoms in total. The largest absolute Gasteiger partial charge is 0.444 e. The van der Waals surface area contributed by atoms with Crippen LogP contribution in [-0.4, -0.2) is 56.4 Å². The molecular formula is C19H27N5O2. The van der Waals surface area contributed by atoms with Gasteiger partial charge in [0.05, 0.1) is 12.2 Å². The summed E-state index contributed by atoms with van der Waals surface area (Å²) in [5, 5.41) is 0. The van der Waals surface area contributed by atoms with Crippen LogP contribution in [0.25, 0.3) is 0 Å². The Morgan fingerprint density at radius 1 is 1.19 bits per heavy atom. The van der Waals surface area contributed by atoms with Crippen LogP contribution in [0.5, 0.6) is 0 Å². The van der Waals surface area contributed by atoms with E-state index in [9.17, 15) is 4.79 Å². The van der Waals surface area contributed by atoms with Gasteiger partial charge in [-0.05, 0) is 27.2 Å². The predicted octanol–water partition coefficient (Wildman–Crippen LogP) is 1.70. The molecule has 2 aliphatic heterocycles. The number of fused-ring (bicyclic) bond motifs is 1. The topological polar surface area (TPSA) is 67.4 Å². The first-order chi connectivity index (χ1) is 12.5. The van der Waals surface area contributed by atoms with Gasteiger partial charge in [-0.2, -0.15) is 0 Å². The normalized spacial score (nSPS) is 21.0. The summed E-state index contributed by atoms with van der Waals surface area (Å²) in [5.41, 5.74) is 2.15. The molecule has 0 aliphatic carbocycles. The summed E-state index contributed by atoms with van der Waals surface area (Å²) in [4.78, 5) is 26.1. The lowest BCUT2D eigenvalue weighted by atomic mass is 9.94. The Kier molecular flexibility index (Phi) is 4.56. The van der Waals surface area contributed by atoms with E-state index >= 15 is 0 Å². The maximum atomic E-state index is 12.9. The van der Waals surface area contributed by atoms with Gasteiger partial charge >= 0.3 is 0 Å². The maximum Gasteiger partial charge on any atom is 0.226 e. The monoisotopic (exact) mass is 357 g/mol. The molecule has 7 heteroatoms. The number of aryl methyl sites for hydroxylation is 3. The third-order valence-corrected chi connectivity index (χ3v) is 5.76. The fraction of sp³-hybridized carbons (Fsp3) is 0.632. The van der Waals surface area contributed by atoms with Crippen molar-refractivity contribution < 1.29 is 9.21 Å². The van der Waals surface area contributed by atoms with Gasteiger partial charge in [-0.15, -0.1) is 0 Å². The van der Waals surface area contributed by atoms with Gasteiger partial charge < -0.3 is 13.9 Å². The Labute approximate surface area is 154 Å². The molecule has 0 spiro atoms. The SMILES string of the molecule is Cc1nc(CN2CCN(C(=O)C3CCn4c(cnc4C)C3)CC2)oc1C. The molecule has 26 heavy (non-hydrogen) atoms. The van der Waals surface area contributed by atoms with E-state index in [2.05, 4.69) is 19.4 Å². The Morgan fingerprint density at radius 2 is 1.96 bits per heavy atom. The summed E-state index contributed by atoms with van der Waals surface area (Å²) in [6.45, 7) is 10.9. The van der Waals surface area contributed by atoms with Crippen molar-refractivity contribution in [1.29, 1.82) is 0 Å². The highest BCUT2D eigenvalue weighted by atomic mass is 16.4. The molecule has 1 fully saturated rings. The minimum absolute atomic E-state index is 0.0992. The molecule has 1 saturated heterocycles. The van der Waals surface area contributed by atoms with E-state index < -0.39 is 0 Å². The highest BCUT2D eigenvalue weighted by Crippen LogP contribution is 2.24. The maximum absolute atomic E-state index is 12.9. The zero-order valence-corrected chi connectivity index (χ0v) is 15.9. The Bertz CT molecular complexity index is 781. The average Bonchev–Trinajstić information content (AvgIpc) is 3.17. The molecule has 0 aromatic carbocycles. The van der Waals surface area contributed by atoms with Crippen LogP contribution in [0.15, 0.2) is 10.6 Å². The van der Waals surface area contributed by atoms with Crippen LogP contribution < -0.4 is 0 Å². The van der Waals surface area contributed by atoms with E-state index in [4.69, 9.17) is 4.42 Å². The van der Waals surface area contributed by atoms with E-state index in [-0.39, 0.29) is 5.92 Å². The number of carbonyl (C=O) groups is 1. The number of aromatic nitrogens is 3. The Hall–Kier alpha value is -2.15. The van der Waals surface area contributed by atoms with Crippen LogP contribution in [0, 0.1) is 26.7 Å². The van der Waals surface area contributed by atoms with E-state index in [0.29, 0.717) is 5.91 Å². The molecule has 2 aromatic heterocycles. The van der Waals surface area contributed by atoms with E-state index in [1.165, 1.54) is 5.69 Å². The quantitative estimate of drug-likeness (QED) is 0.836. The summed E-state index contributed by atoms with van der Waals surface area (Å²) in [6.07, 6.45) is 3.65. The van der Waals surface area contributed by atoms with Gasteiger partial charge in [-0.3, -0.25) is 9.69 Å². The van der Waals surface area contributed by atoms with Crippen LogP contribution in [0.2, 0.25) is 0 Å². The van der Waals surface area contributed by atoms with Gasteiger partial charge in [0, 0.05) is 57.0 Å². The van der Waals surface area contributed by atoms with Crippen LogP contribution in [0.1, 0.15) is 35.3 Å². The third kappa shape index (κ3) is 3.28. The first-order valence-corrected chi connectivity index (χ1v) is 9.46. The highest BCUT2D eigenvalue weighted by molar-refractivity contribution is 5.79. The van der Waals surface area contributed by atoms with Gasteiger partial charge in [0.1, 0.15) is 11.6 Å². The number of nitrogens with zero attached hydrogens (tertiary/aromatic N) is 5. The van der Waals surface area contributed by atoms with Crippen LogP contribution in [0.4, 0.5) is 0 Å². The number of hydrogen-bond donors (Lipinski definition) is 0. The molecule has 0 N–H and O–H groups in total. The van der Waals surface area contributed by atoms with Crippen LogP contribution >= 0.6 is 0 Å². The minimum Gasteiger partial charge on any atom is -0.444 e. The molecule has 2 aromatic rings. The number of piperazine rings is 1. The number of hydrogen-bond acceptors (Lipinski definition) is 5. The van der Waals surface area contributed by atoms with E-state index in [1.54, 1.807) is 0 Å². The molecule has 0 radical (unpaired) electrons. The molecule has 0 bridgehead atoms. The van der Waals surface area contributed by atoms with Gasteiger partial charge in [-0.1, -0.05) is 0 Å². The fourth-order valence-electron chi connectivity index (χ4n) is 4.02. The smallest absolute Gasteiger partial charge is 0.226 e. The minimum atomic E-state index is 0.0992. The lowest BCUT2D eigenvalue weighted by Crippen LogP contribution is -2.50. The fourth-order valence-corrected chi connectivity index (χ4v) is 4.02. The van der Waals surface area contributed by atoms with E-state index in [0.717, 1.165) is 75.3 Å². The standard InChI is InChI=1S/C19H27N5O2/c1-13-14(2)26-18(21-13)12-22-6-8-23(9-7-22)19(25)16-4-5-24-15(3)20-11-17(24)10-16/h11,16H,4-10,12H2,1-3H3. The van der Waals surface area contributed by atoms with E-state index in [1.807, 2.05) is 31.9 Å². The molecule has 4 rings (SSSR count). The lowest BCUT2D eigenvalue weighted by Gasteiger charge is -2.36. The van der Waals surface area contributed by atoms with Crippen LogP contribution in [-0.2, 0) is 24.3 Å². The third-order valence-electron chi connectivity index (χ3n) is 5.76.